The topological polar surface area (TPSA) is 34.1 Å². The minimum absolute atomic E-state index is 0. The van der Waals surface area contributed by atoms with Gasteiger partial charge >= 0.3 is 0 Å². The molecular weight excluding hydrogens is 200 g/mol. The summed E-state index contributed by atoms with van der Waals surface area (Å²) in [5, 5.41) is 0. The molecular formula is C14H14O2. The highest BCUT2D eigenvalue weighted by molar-refractivity contribution is 6.17. The number of benzene rings is 1. The second-order valence-electron chi connectivity index (χ2n) is 3.43. The zero-order valence-electron chi connectivity index (χ0n) is 8.14. The first-order valence-electron chi connectivity index (χ1n) is 4.76. The number of rotatable bonds is 2. The van der Waals surface area contributed by atoms with Gasteiger partial charge in [-0.15, -0.1) is 0 Å². The van der Waals surface area contributed by atoms with Gasteiger partial charge in [-0.3, -0.25) is 9.59 Å². The predicted octanol–water partition coefficient (Wildman–Crippen LogP) is 2.50. The average Bonchev–Trinajstić information content (AvgIpc) is 2.25. The highest BCUT2D eigenvalue weighted by atomic mass is 16.1. The number of carbonyl (C=O) groups is 2. The monoisotopic (exact) mass is 214 g/mol. The van der Waals surface area contributed by atoms with E-state index in [-0.39, 0.29) is 19.0 Å². The maximum atomic E-state index is 11.4. The van der Waals surface area contributed by atoms with Crippen LogP contribution >= 0.6 is 0 Å². The average molecular weight is 214 g/mol. The van der Waals surface area contributed by atoms with Crippen molar-refractivity contribution in [2.45, 2.75) is 13.8 Å². The van der Waals surface area contributed by atoms with E-state index in [0.717, 1.165) is 5.56 Å². The van der Waals surface area contributed by atoms with Crippen molar-refractivity contribution in [1.29, 1.82) is 0 Å². The standard InChI is InChI=1S/C13H10O2.CH4/c14-12-6-7-13(15)11(9-12)8-10-4-2-1-3-5-10;/h1-7,9H,8H2;1H4. The van der Waals surface area contributed by atoms with Gasteiger partial charge in [0.1, 0.15) is 0 Å². The molecule has 0 N–H and O–H groups in total. The Kier molecular flexibility index (Phi) is 3.95. The summed E-state index contributed by atoms with van der Waals surface area (Å²) in [5.41, 5.74) is 1.61. The molecule has 0 radical (unpaired) electrons. The maximum absolute atomic E-state index is 11.4. The Balaban J connectivity index is 0.00000128. The van der Waals surface area contributed by atoms with Crippen LogP contribution in [0.3, 0.4) is 0 Å². The second kappa shape index (κ2) is 5.21. The van der Waals surface area contributed by atoms with Crippen LogP contribution in [0.25, 0.3) is 0 Å². The molecule has 0 aromatic heterocycles. The molecule has 0 atom stereocenters. The third-order valence-electron chi connectivity index (χ3n) is 2.27. The molecule has 1 aliphatic carbocycles. The minimum atomic E-state index is -0.111. The lowest BCUT2D eigenvalue weighted by Gasteiger charge is -2.06. The molecule has 0 amide bonds. The first-order valence-corrected chi connectivity index (χ1v) is 4.76. The molecule has 0 unspecified atom stereocenters. The van der Waals surface area contributed by atoms with Crippen LogP contribution in [-0.2, 0) is 16.0 Å². The molecule has 0 fully saturated rings. The summed E-state index contributed by atoms with van der Waals surface area (Å²) >= 11 is 0. The Hall–Kier alpha value is -1.96. The van der Waals surface area contributed by atoms with Crippen molar-refractivity contribution in [2.24, 2.45) is 0 Å². The molecule has 0 spiro atoms. The van der Waals surface area contributed by atoms with E-state index in [1.165, 1.54) is 18.2 Å². The lowest BCUT2D eigenvalue weighted by atomic mass is 9.97. The highest BCUT2D eigenvalue weighted by Crippen LogP contribution is 2.12. The quantitative estimate of drug-likeness (QED) is 0.709. The van der Waals surface area contributed by atoms with Crippen molar-refractivity contribution in [3.05, 3.63) is 59.7 Å². The third kappa shape index (κ3) is 2.76. The zero-order valence-corrected chi connectivity index (χ0v) is 8.14. The molecule has 0 heterocycles. The summed E-state index contributed by atoms with van der Waals surface area (Å²) in [7, 11) is 0. The first kappa shape index (κ1) is 12.1. The fraction of sp³-hybridized carbons (Fsp3) is 0.143. The Bertz CT molecular complexity index is 453. The Morgan fingerprint density at radius 1 is 0.938 bits per heavy atom. The van der Waals surface area contributed by atoms with Gasteiger partial charge in [0.25, 0.3) is 0 Å². The van der Waals surface area contributed by atoms with Crippen molar-refractivity contribution < 1.29 is 9.59 Å². The van der Waals surface area contributed by atoms with Crippen LogP contribution in [0.1, 0.15) is 13.0 Å². The lowest BCUT2D eigenvalue weighted by molar-refractivity contribution is -0.114. The van der Waals surface area contributed by atoms with E-state index in [1.807, 2.05) is 30.3 Å². The summed E-state index contributed by atoms with van der Waals surface area (Å²) in [6, 6.07) is 9.64. The summed E-state index contributed by atoms with van der Waals surface area (Å²) in [4.78, 5) is 22.5. The summed E-state index contributed by atoms with van der Waals surface area (Å²) in [5.74, 6) is -0.181. The van der Waals surface area contributed by atoms with E-state index in [2.05, 4.69) is 0 Å². The Morgan fingerprint density at radius 2 is 1.62 bits per heavy atom. The smallest absolute Gasteiger partial charge is 0.182 e. The van der Waals surface area contributed by atoms with Crippen LogP contribution in [0.15, 0.2) is 54.1 Å². The van der Waals surface area contributed by atoms with Gasteiger partial charge in [-0.05, 0) is 23.8 Å². The second-order valence-corrected chi connectivity index (χ2v) is 3.43. The van der Waals surface area contributed by atoms with Crippen LogP contribution in [-0.4, -0.2) is 11.6 Å². The van der Waals surface area contributed by atoms with Gasteiger partial charge in [0, 0.05) is 12.0 Å². The summed E-state index contributed by atoms with van der Waals surface area (Å²) in [6.45, 7) is 0. The van der Waals surface area contributed by atoms with E-state index < -0.39 is 0 Å². The first-order chi connectivity index (χ1) is 7.25. The molecule has 2 rings (SSSR count). The molecule has 2 nitrogen and oxygen atoms in total. The molecule has 0 bridgehead atoms. The van der Waals surface area contributed by atoms with Crippen molar-refractivity contribution >= 4 is 11.6 Å². The molecule has 1 aromatic rings. The molecule has 0 saturated heterocycles. The van der Waals surface area contributed by atoms with Gasteiger partial charge in [0.15, 0.2) is 11.6 Å². The molecule has 1 aromatic carbocycles. The van der Waals surface area contributed by atoms with Gasteiger partial charge in [0.2, 0.25) is 0 Å². The normalized spacial score (nSPS) is 14.4. The fourth-order valence-electron chi connectivity index (χ4n) is 1.51. The van der Waals surface area contributed by atoms with Crippen LogP contribution in [0.4, 0.5) is 0 Å². The van der Waals surface area contributed by atoms with Crippen molar-refractivity contribution in [2.75, 3.05) is 0 Å². The van der Waals surface area contributed by atoms with Gasteiger partial charge in [-0.25, -0.2) is 0 Å². The van der Waals surface area contributed by atoms with E-state index in [0.29, 0.717) is 12.0 Å². The minimum Gasteiger partial charge on any atom is -0.290 e. The van der Waals surface area contributed by atoms with Gasteiger partial charge in [-0.2, -0.15) is 0 Å². The lowest BCUT2D eigenvalue weighted by Crippen LogP contribution is -2.09. The zero-order chi connectivity index (χ0) is 10.7. The number of carbonyl (C=O) groups excluding carboxylic acids is 2. The number of hydrogen-bond donors (Lipinski definition) is 0. The van der Waals surface area contributed by atoms with Crippen LogP contribution in [0.2, 0.25) is 0 Å². The van der Waals surface area contributed by atoms with E-state index >= 15 is 0 Å². The third-order valence-corrected chi connectivity index (χ3v) is 2.27. The summed E-state index contributed by atoms with van der Waals surface area (Å²) < 4.78 is 0. The number of hydrogen-bond acceptors (Lipinski definition) is 2. The van der Waals surface area contributed by atoms with Crippen molar-refractivity contribution in [3.63, 3.8) is 0 Å². The summed E-state index contributed by atoms with van der Waals surface area (Å²) in [6.07, 6.45) is 4.57. The van der Waals surface area contributed by atoms with Crippen molar-refractivity contribution in [1.82, 2.24) is 0 Å². The SMILES string of the molecule is C.O=C1C=CC(=O)C(Cc2ccccc2)=C1. The molecule has 0 aliphatic heterocycles. The Morgan fingerprint density at radius 3 is 2.31 bits per heavy atom. The van der Waals surface area contributed by atoms with Gasteiger partial charge < -0.3 is 0 Å². The predicted molar refractivity (Wildman–Crippen MR) is 64.1 cm³/mol. The van der Waals surface area contributed by atoms with E-state index in [4.69, 9.17) is 0 Å². The van der Waals surface area contributed by atoms with Crippen LogP contribution in [0, 0.1) is 0 Å². The molecule has 16 heavy (non-hydrogen) atoms. The number of ketones is 2. The molecule has 82 valence electrons. The van der Waals surface area contributed by atoms with Crippen LogP contribution in [0.5, 0.6) is 0 Å². The number of allylic oxidation sites excluding steroid dienone is 4. The fourth-order valence-corrected chi connectivity index (χ4v) is 1.51. The molecule has 0 saturated carbocycles. The van der Waals surface area contributed by atoms with E-state index in [1.54, 1.807) is 0 Å². The highest BCUT2D eigenvalue weighted by Gasteiger charge is 2.12. The Labute approximate surface area is 95.3 Å². The molecule has 1 aliphatic rings. The maximum Gasteiger partial charge on any atom is 0.182 e. The van der Waals surface area contributed by atoms with Crippen LogP contribution < -0.4 is 0 Å². The van der Waals surface area contributed by atoms with Crippen molar-refractivity contribution in [3.8, 4) is 0 Å². The molecule has 2 heteroatoms. The van der Waals surface area contributed by atoms with Gasteiger partial charge in [-0.1, -0.05) is 37.8 Å². The largest absolute Gasteiger partial charge is 0.290 e. The van der Waals surface area contributed by atoms with E-state index in [9.17, 15) is 9.59 Å². The van der Waals surface area contributed by atoms with Gasteiger partial charge in [0.05, 0.1) is 0 Å².